The highest BCUT2D eigenvalue weighted by Crippen LogP contribution is 2.39. The molecule has 2 aromatic rings. The van der Waals surface area contributed by atoms with Crippen molar-refractivity contribution in [2.24, 2.45) is 11.8 Å². The van der Waals surface area contributed by atoms with Crippen LogP contribution >= 0.6 is 23.1 Å². The maximum atomic E-state index is 12.6. The van der Waals surface area contributed by atoms with Gasteiger partial charge in [-0.05, 0) is 54.5 Å². The van der Waals surface area contributed by atoms with Crippen LogP contribution in [0.3, 0.4) is 0 Å². The maximum Gasteiger partial charge on any atom is 0.227 e. The van der Waals surface area contributed by atoms with Crippen molar-refractivity contribution in [2.75, 3.05) is 19.3 Å². The number of carbonyl (C=O) groups is 1. The van der Waals surface area contributed by atoms with Crippen LogP contribution in [-0.2, 0) is 11.2 Å². The third-order valence-corrected chi connectivity index (χ3v) is 7.34. The van der Waals surface area contributed by atoms with Crippen molar-refractivity contribution in [3.05, 3.63) is 46.7 Å². The summed E-state index contributed by atoms with van der Waals surface area (Å²) in [6.07, 6.45) is 3.35. The summed E-state index contributed by atoms with van der Waals surface area (Å²) >= 11 is 3.28. The van der Waals surface area contributed by atoms with E-state index in [1.807, 2.05) is 52.9 Å². The Hall–Kier alpha value is -1.50. The fourth-order valence-electron chi connectivity index (χ4n) is 4.27. The van der Waals surface area contributed by atoms with Crippen LogP contribution in [0.1, 0.15) is 17.7 Å². The number of hydrogen-bond acceptors (Lipinski definition) is 5. The highest BCUT2D eigenvalue weighted by molar-refractivity contribution is 7.98. The zero-order valence-electron chi connectivity index (χ0n) is 15.4. The average Bonchev–Trinajstić information content (AvgIpc) is 3.32. The second kappa shape index (κ2) is 8.25. The Morgan fingerprint density at radius 1 is 1.22 bits per heavy atom. The van der Waals surface area contributed by atoms with Gasteiger partial charge in [-0.3, -0.25) is 4.79 Å². The number of amides is 1. The van der Waals surface area contributed by atoms with E-state index >= 15 is 0 Å². The topological polar surface area (TPSA) is 49.8 Å². The summed E-state index contributed by atoms with van der Waals surface area (Å²) in [5.41, 5.74) is 0. The predicted octanol–water partition coefficient (Wildman–Crippen LogP) is 3.69. The van der Waals surface area contributed by atoms with Crippen LogP contribution in [0.25, 0.3) is 0 Å². The van der Waals surface area contributed by atoms with E-state index in [4.69, 9.17) is 4.74 Å². The second-order valence-electron chi connectivity index (χ2n) is 7.42. The molecular weight excluding hydrogens is 378 g/mol. The number of likely N-dealkylation sites (tertiary alicyclic amines) is 1. The van der Waals surface area contributed by atoms with E-state index in [1.54, 1.807) is 23.1 Å². The fourth-order valence-corrected chi connectivity index (χ4v) is 5.50. The first-order valence-electron chi connectivity index (χ1n) is 9.42. The minimum atomic E-state index is -0.478. The van der Waals surface area contributed by atoms with Crippen LogP contribution in [-0.4, -0.2) is 47.5 Å². The summed E-state index contributed by atoms with van der Waals surface area (Å²) in [5.74, 6) is 1.83. The van der Waals surface area contributed by atoms with Crippen LogP contribution in [0.2, 0.25) is 0 Å². The van der Waals surface area contributed by atoms with Crippen molar-refractivity contribution in [2.45, 2.75) is 36.4 Å². The number of para-hydroxylation sites is 1. The number of aliphatic hydroxyl groups excluding tert-OH is 1. The lowest BCUT2D eigenvalue weighted by molar-refractivity contribution is -0.129. The van der Waals surface area contributed by atoms with Crippen LogP contribution in [0.15, 0.2) is 46.7 Å². The Morgan fingerprint density at radius 2 is 2.00 bits per heavy atom. The van der Waals surface area contributed by atoms with Crippen LogP contribution in [0, 0.1) is 11.8 Å². The molecule has 1 saturated heterocycles. The number of hydrogen-bond donors (Lipinski definition) is 1. The Kier molecular flexibility index (Phi) is 5.76. The molecule has 1 aliphatic carbocycles. The van der Waals surface area contributed by atoms with E-state index in [-0.39, 0.29) is 12.0 Å². The van der Waals surface area contributed by atoms with Gasteiger partial charge in [0.15, 0.2) is 0 Å². The molecule has 144 valence electrons. The monoisotopic (exact) mass is 403 g/mol. The van der Waals surface area contributed by atoms with E-state index in [2.05, 4.69) is 0 Å². The molecule has 1 aromatic heterocycles. The van der Waals surface area contributed by atoms with Crippen molar-refractivity contribution in [3.63, 3.8) is 0 Å². The molecule has 1 saturated carbocycles. The molecule has 0 radical (unpaired) electrons. The number of rotatable bonds is 5. The normalized spacial score (nSPS) is 27.4. The average molecular weight is 404 g/mol. The van der Waals surface area contributed by atoms with E-state index in [0.29, 0.717) is 24.7 Å². The van der Waals surface area contributed by atoms with E-state index < -0.39 is 6.10 Å². The quantitative estimate of drug-likeness (QED) is 0.774. The number of thioether (sulfide) groups is 1. The lowest BCUT2D eigenvalue weighted by Crippen LogP contribution is -2.42. The summed E-state index contributed by atoms with van der Waals surface area (Å²) in [4.78, 5) is 16.8. The summed E-state index contributed by atoms with van der Waals surface area (Å²) in [6, 6.07) is 12.0. The van der Waals surface area contributed by atoms with E-state index in [0.717, 1.165) is 35.0 Å². The van der Waals surface area contributed by atoms with E-state index in [9.17, 15) is 9.90 Å². The number of thiophene rings is 1. The molecule has 1 amide bonds. The molecule has 0 unspecified atom stereocenters. The SMILES string of the molecule is CSc1ccccc1O[C@@H]1C[C@@H]2CN(C(=O)Cc3cccs3)C[C@@H]2C[C@H]1O. The molecule has 4 atom stereocenters. The lowest BCUT2D eigenvalue weighted by atomic mass is 9.78. The van der Waals surface area contributed by atoms with Gasteiger partial charge in [0.25, 0.3) is 0 Å². The molecule has 2 aliphatic rings. The van der Waals surface area contributed by atoms with Crippen molar-refractivity contribution >= 4 is 29.0 Å². The Balaban J connectivity index is 1.39. The Morgan fingerprint density at radius 3 is 2.74 bits per heavy atom. The first-order valence-corrected chi connectivity index (χ1v) is 11.5. The molecule has 1 aromatic carbocycles. The number of aliphatic hydroxyl groups is 1. The van der Waals surface area contributed by atoms with Crippen molar-refractivity contribution in [3.8, 4) is 5.75 Å². The zero-order valence-corrected chi connectivity index (χ0v) is 17.0. The standard InChI is InChI=1S/C21H25NO3S2/c1-26-20-7-3-2-6-18(20)25-19-10-15-13-22(12-14(15)9-17(19)23)21(24)11-16-5-4-8-27-16/h2-8,14-15,17,19,23H,9-13H2,1H3/t14-,15+,17+,19+/m0/s1. The van der Waals surface area contributed by atoms with Gasteiger partial charge in [-0.1, -0.05) is 18.2 Å². The van der Waals surface area contributed by atoms with Gasteiger partial charge in [-0.15, -0.1) is 23.1 Å². The van der Waals surface area contributed by atoms with Crippen LogP contribution in [0.5, 0.6) is 5.75 Å². The lowest BCUT2D eigenvalue weighted by Gasteiger charge is -2.35. The summed E-state index contributed by atoms with van der Waals surface area (Å²) in [6.45, 7) is 1.55. The number of benzene rings is 1. The number of carbonyl (C=O) groups excluding carboxylic acids is 1. The minimum Gasteiger partial charge on any atom is -0.487 e. The molecule has 4 rings (SSSR count). The molecule has 1 N–H and O–H groups in total. The van der Waals surface area contributed by atoms with E-state index in [1.165, 1.54) is 0 Å². The molecule has 1 aliphatic heterocycles. The van der Waals surface area contributed by atoms with Crippen molar-refractivity contribution in [1.29, 1.82) is 0 Å². The van der Waals surface area contributed by atoms with Gasteiger partial charge in [-0.2, -0.15) is 0 Å². The fraction of sp³-hybridized carbons (Fsp3) is 0.476. The molecular formula is C21H25NO3S2. The molecule has 27 heavy (non-hydrogen) atoms. The molecule has 0 bridgehead atoms. The third kappa shape index (κ3) is 4.18. The summed E-state index contributed by atoms with van der Waals surface area (Å²) in [7, 11) is 0. The van der Waals surface area contributed by atoms with Gasteiger partial charge < -0.3 is 14.7 Å². The molecule has 2 fully saturated rings. The molecule has 2 heterocycles. The predicted molar refractivity (Wildman–Crippen MR) is 109 cm³/mol. The third-order valence-electron chi connectivity index (χ3n) is 5.69. The van der Waals surface area contributed by atoms with Crippen molar-refractivity contribution < 1.29 is 14.6 Å². The number of ether oxygens (including phenoxy) is 1. The largest absolute Gasteiger partial charge is 0.487 e. The van der Waals surface area contributed by atoms with Crippen LogP contribution in [0.4, 0.5) is 0 Å². The molecule has 6 heteroatoms. The second-order valence-corrected chi connectivity index (χ2v) is 9.30. The number of fused-ring (bicyclic) bond motifs is 1. The van der Waals surface area contributed by atoms with Crippen molar-refractivity contribution in [1.82, 2.24) is 4.90 Å². The number of nitrogens with zero attached hydrogens (tertiary/aromatic N) is 1. The highest BCUT2D eigenvalue weighted by Gasteiger charge is 2.43. The Bertz CT molecular complexity index is 779. The minimum absolute atomic E-state index is 0.200. The summed E-state index contributed by atoms with van der Waals surface area (Å²) < 4.78 is 6.21. The van der Waals surface area contributed by atoms with Gasteiger partial charge in [0.1, 0.15) is 11.9 Å². The van der Waals surface area contributed by atoms with Gasteiger partial charge >= 0.3 is 0 Å². The Labute approximate surface area is 168 Å². The molecule has 0 spiro atoms. The van der Waals surface area contributed by atoms with Gasteiger partial charge in [-0.25, -0.2) is 0 Å². The van der Waals surface area contributed by atoms with Gasteiger partial charge in [0.2, 0.25) is 5.91 Å². The van der Waals surface area contributed by atoms with Gasteiger partial charge in [0, 0.05) is 22.9 Å². The smallest absolute Gasteiger partial charge is 0.227 e. The maximum absolute atomic E-state index is 12.6. The highest BCUT2D eigenvalue weighted by atomic mass is 32.2. The molecule has 4 nitrogen and oxygen atoms in total. The van der Waals surface area contributed by atoms with Crippen LogP contribution < -0.4 is 4.74 Å². The summed E-state index contributed by atoms with van der Waals surface area (Å²) in [5, 5.41) is 12.7. The first kappa shape index (κ1) is 18.8. The zero-order chi connectivity index (χ0) is 18.8. The first-order chi connectivity index (χ1) is 13.1. The van der Waals surface area contributed by atoms with Gasteiger partial charge in [0.05, 0.1) is 12.5 Å².